The molecule has 1 aliphatic carbocycles. The van der Waals surface area contributed by atoms with Gasteiger partial charge in [0.25, 0.3) is 11.7 Å². The van der Waals surface area contributed by atoms with Crippen molar-refractivity contribution >= 4 is 34.4 Å². The molecule has 2 aliphatic heterocycles. The Morgan fingerprint density at radius 3 is 2.30 bits per heavy atom. The SMILES string of the molecule is Cc1cc(-c2[nH]nc3ncc(-c4ccc(N5CCN(C6CC(c7ccc([C@@H]8CCC(=O)NC8=O)cc7)C6)CC5)cc4)cc23)ccc1[C@@H](C)NC(=O)c1noc(C(C)(C)C)n1. The predicted octanol–water partition coefficient (Wildman–Crippen LogP) is 7.36. The quantitative estimate of drug-likeness (QED) is 0.126. The number of aromatic amines is 1. The Kier molecular flexibility index (Phi) is 10.3. The number of pyridine rings is 1. The molecule has 6 aromatic rings. The molecule has 13 nitrogen and oxygen atoms in total. The molecular weight excluding hydrogens is 755 g/mol. The summed E-state index contributed by atoms with van der Waals surface area (Å²) in [6.45, 7) is 13.9. The van der Waals surface area contributed by atoms with Crippen LogP contribution in [0.4, 0.5) is 5.69 Å². The zero-order valence-electron chi connectivity index (χ0n) is 34.8. The smallest absolute Gasteiger partial charge is 0.293 e. The fourth-order valence-corrected chi connectivity index (χ4v) is 8.93. The van der Waals surface area contributed by atoms with E-state index in [1.807, 2.05) is 52.9 Å². The second-order valence-electron chi connectivity index (χ2n) is 17.7. The summed E-state index contributed by atoms with van der Waals surface area (Å²) in [6.07, 6.45) is 5.19. The fraction of sp³-hybridized carbons (Fsp3) is 0.383. The van der Waals surface area contributed by atoms with Crippen molar-refractivity contribution in [1.82, 2.24) is 40.9 Å². The van der Waals surface area contributed by atoms with Crippen LogP contribution in [-0.2, 0) is 15.0 Å². The van der Waals surface area contributed by atoms with E-state index in [1.54, 1.807) is 0 Å². The molecule has 0 bridgehead atoms. The van der Waals surface area contributed by atoms with Crippen molar-refractivity contribution in [2.24, 2.45) is 0 Å². The Hall–Kier alpha value is -6.21. The van der Waals surface area contributed by atoms with E-state index in [1.165, 1.54) is 11.3 Å². The van der Waals surface area contributed by atoms with Crippen molar-refractivity contribution < 1.29 is 18.9 Å². The van der Waals surface area contributed by atoms with Gasteiger partial charge in [0, 0.05) is 72.5 Å². The monoisotopic (exact) mass is 805 g/mol. The first kappa shape index (κ1) is 39.3. The molecule has 1 saturated carbocycles. The molecule has 0 unspecified atom stereocenters. The summed E-state index contributed by atoms with van der Waals surface area (Å²) in [6, 6.07) is 26.0. The minimum atomic E-state index is -0.382. The first-order valence-electron chi connectivity index (χ1n) is 21.0. The molecule has 3 aliphatic rings. The molecule has 2 saturated heterocycles. The Balaban J connectivity index is 0.794. The summed E-state index contributed by atoms with van der Waals surface area (Å²) >= 11 is 0. The van der Waals surface area contributed by atoms with Crippen LogP contribution in [0.2, 0.25) is 0 Å². The molecule has 3 aromatic heterocycles. The average Bonchev–Trinajstić information content (AvgIpc) is 3.90. The Morgan fingerprint density at radius 1 is 0.900 bits per heavy atom. The number of piperidine rings is 1. The van der Waals surface area contributed by atoms with Crippen LogP contribution in [0.25, 0.3) is 33.4 Å². The number of nitrogens with zero attached hydrogens (tertiary/aromatic N) is 6. The summed E-state index contributed by atoms with van der Waals surface area (Å²) < 4.78 is 5.31. The summed E-state index contributed by atoms with van der Waals surface area (Å²) in [5, 5.41) is 18.0. The number of fused-ring (bicyclic) bond motifs is 1. The van der Waals surface area contributed by atoms with Crippen LogP contribution >= 0.6 is 0 Å². The third kappa shape index (κ3) is 7.81. The van der Waals surface area contributed by atoms with E-state index in [4.69, 9.17) is 9.51 Å². The predicted molar refractivity (Wildman–Crippen MR) is 229 cm³/mol. The Bertz CT molecular complexity index is 2560. The topological polar surface area (TPSA) is 162 Å². The van der Waals surface area contributed by atoms with E-state index in [2.05, 4.69) is 101 Å². The van der Waals surface area contributed by atoms with Gasteiger partial charge in [-0.2, -0.15) is 10.1 Å². The number of anilines is 1. The third-order valence-electron chi connectivity index (χ3n) is 12.6. The molecular formula is C47H51N9O4. The summed E-state index contributed by atoms with van der Waals surface area (Å²) in [7, 11) is 0. The van der Waals surface area contributed by atoms with Crippen molar-refractivity contribution in [3.05, 3.63) is 113 Å². The molecule has 5 heterocycles. The second kappa shape index (κ2) is 15.8. The summed E-state index contributed by atoms with van der Waals surface area (Å²) in [4.78, 5) is 50.9. The molecule has 13 heteroatoms. The maximum absolute atomic E-state index is 12.9. The zero-order chi connectivity index (χ0) is 41.7. The molecule has 308 valence electrons. The van der Waals surface area contributed by atoms with Crippen LogP contribution in [0.3, 0.4) is 0 Å². The lowest BCUT2D eigenvalue weighted by atomic mass is 9.74. The lowest BCUT2D eigenvalue weighted by molar-refractivity contribution is -0.134. The molecule has 0 radical (unpaired) electrons. The van der Waals surface area contributed by atoms with Crippen molar-refractivity contribution in [2.45, 2.75) is 89.6 Å². The van der Waals surface area contributed by atoms with E-state index in [9.17, 15) is 14.4 Å². The first-order chi connectivity index (χ1) is 28.9. The summed E-state index contributed by atoms with van der Waals surface area (Å²) in [5.41, 5.74) is 9.88. The molecule has 60 heavy (non-hydrogen) atoms. The lowest BCUT2D eigenvalue weighted by Gasteiger charge is -2.47. The molecule has 3 amide bonds. The van der Waals surface area contributed by atoms with Gasteiger partial charge in [-0.15, -0.1) is 0 Å². The fourth-order valence-electron chi connectivity index (χ4n) is 8.93. The first-order valence-corrected chi connectivity index (χ1v) is 21.0. The number of benzene rings is 3. The zero-order valence-corrected chi connectivity index (χ0v) is 34.8. The van der Waals surface area contributed by atoms with Crippen molar-refractivity contribution in [1.29, 1.82) is 0 Å². The van der Waals surface area contributed by atoms with E-state index in [-0.39, 0.29) is 40.9 Å². The molecule has 0 spiro atoms. The Labute approximate surface area is 349 Å². The van der Waals surface area contributed by atoms with Gasteiger partial charge in [0.15, 0.2) is 5.65 Å². The van der Waals surface area contributed by atoms with Crippen LogP contribution in [0.15, 0.2) is 83.5 Å². The number of imide groups is 1. The van der Waals surface area contributed by atoms with Crippen LogP contribution in [0.1, 0.15) is 110 Å². The van der Waals surface area contributed by atoms with E-state index in [0.29, 0.717) is 36.3 Å². The van der Waals surface area contributed by atoms with Gasteiger partial charge in [0.1, 0.15) is 0 Å². The maximum atomic E-state index is 12.9. The van der Waals surface area contributed by atoms with Crippen molar-refractivity contribution in [2.75, 3.05) is 31.1 Å². The summed E-state index contributed by atoms with van der Waals surface area (Å²) in [5.74, 6) is 0.0266. The number of hydrogen-bond donors (Lipinski definition) is 3. The van der Waals surface area contributed by atoms with E-state index in [0.717, 1.165) is 83.5 Å². The highest BCUT2D eigenvalue weighted by Crippen LogP contribution is 2.41. The second-order valence-corrected chi connectivity index (χ2v) is 17.7. The maximum Gasteiger partial charge on any atom is 0.293 e. The van der Waals surface area contributed by atoms with E-state index >= 15 is 0 Å². The largest absolute Gasteiger partial charge is 0.369 e. The molecule has 9 rings (SSSR count). The van der Waals surface area contributed by atoms with Crippen LogP contribution in [0, 0.1) is 6.92 Å². The normalized spacial score (nSPS) is 20.5. The third-order valence-corrected chi connectivity index (χ3v) is 12.6. The van der Waals surface area contributed by atoms with Gasteiger partial charge in [0.05, 0.1) is 17.7 Å². The van der Waals surface area contributed by atoms with Gasteiger partial charge in [-0.25, -0.2) is 4.98 Å². The Morgan fingerprint density at radius 2 is 1.62 bits per heavy atom. The van der Waals surface area contributed by atoms with Gasteiger partial charge in [-0.1, -0.05) is 74.5 Å². The number of piperazine rings is 1. The van der Waals surface area contributed by atoms with Gasteiger partial charge in [0.2, 0.25) is 17.7 Å². The van der Waals surface area contributed by atoms with Crippen LogP contribution in [0.5, 0.6) is 0 Å². The minimum absolute atomic E-state index is 0.0240. The molecule has 2 atom stereocenters. The van der Waals surface area contributed by atoms with Crippen molar-refractivity contribution in [3.63, 3.8) is 0 Å². The van der Waals surface area contributed by atoms with Gasteiger partial charge < -0.3 is 14.7 Å². The number of rotatable bonds is 9. The minimum Gasteiger partial charge on any atom is -0.369 e. The lowest BCUT2D eigenvalue weighted by Crippen LogP contribution is -2.53. The number of hydrogen-bond acceptors (Lipinski definition) is 10. The number of nitrogens with one attached hydrogen (secondary N) is 3. The van der Waals surface area contributed by atoms with E-state index < -0.39 is 0 Å². The van der Waals surface area contributed by atoms with Gasteiger partial charge >= 0.3 is 0 Å². The number of carbonyl (C=O) groups is 3. The number of H-pyrrole nitrogens is 1. The molecule has 3 fully saturated rings. The average molecular weight is 806 g/mol. The van der Waals surface area contributed by atoms with Gasteiger partial charge in [-0.3, -0.25) is 29.7 Å². The number of aryl methyl sites for hydroxylation is 1. The number of amides is 3. The standard InChI is InChI=1S/C47H51N9O4/c1-27-22-32(12-15-37(27)28(2)49-45(59)43-51-46(60-54-43)47(3,4)5)41-39-25-34(26-48-42(39)53-52-41)30-10-13-35(14-11-30)55-18-20-56(21-19-55)36-23-33(24-36)29-6-8-31(9-7-29)38-16-17-40(57)50-44(38)58/h6-15,22,25-26,28,33,36,38H,16-21,23-24H2,1-5H3,(H,49,59)(H,48,52,53)(H,50,57,58)/t28-,33?,36?,38+/m1/s1. The molecule has 3 aromatic carbocycles. The van der Waals surface area contributed by atoms with Crippen LogP contribution in [-0.4, -0.2) is 80.2 Å². The molecule has 3 N–H and O–H groups in total. The highest BCUT2D eigenvalue weighted by molar-refractivity contribution is 6.01. The highest BCUT2D eigenvalue weighted by atomic mass is 16.5. The highest BCUT2D eigenvalue weighted by Gasteiger charge is 2.36. The van der Waals surface area contributed by atoms with Crippen LogP contribution < -0.4 is 15.5 Å². The number of carbonyl (C=O) groups excluding carboxylic acids is 3. The van der Waals surface area contributed by atoms with Gasteiger partial charge in [-0.05, 0) is 91.1 Å². The number of aromatic nitrogens is 5. The van der Waals surface area contributed by atoms with Crippen molar-refractivity contribution in [3.8, 4) is 22.4 Å².